The normalized spacial score (nSPS) is 13.5. The Bertz CT molecular complexity index is 630. The lowest BCUT2D eigenvalue weighted by molar-refractivity contribution is -0.136. The van der Waals surface area contributed by atoms with Crippen molar-refractivity contribution >= 4 is 17.6 Å². The van der Waals surface area contributed by atoms with Gasteiger partial charge in [-0.25, -0.2) is 0 Å². The van der Waals surface area contributed by atoms with Crippen LogP contribution in [-0.4, -0.2) is 28.6 Å². The summed E-state index contributed by atoms with van der Waals surface area (Å²) in [5, 5.41) is 18.3. The second-order valence-corrected chi connectivity index (χ2v) is 4.71. The number of hydrogen-bond acceptors (Lipinski definition) is 6. The molecule has 0 aliphatic carbocycles. The Morgan fingerprint density at radius 1 is 1.43 bits per heavy atom. The van der Waals surface area contributed by atoms with Crippen LogP contribution in [0.3, 0.4) is 0 Å². The summed E-state index contributed by atoms with van der Waals surface area (Å²) >= 11 is 0. The van der Waals surface area contributed by atoms with E-state index in [1.807, 2.05) is 0 Å². The zero-order chi connectivity index (χ0) is 15.5. The van der Waals surface area contributed by atoms with E-state index in [9.17, 15) is 14.7 Å². The van der Waals surface area contributed by atoms with E-state index in [1.54, 1.807) is 19.1 Å². The van der Waals surface area contributed by atoms with Gasteiger partial charge in [0.05, 0.1) is 12.8 Å². The SMILES string of the molecule is Cc1cc(NC(=O)C(=O)NCC(C)(O)c2ccco2)no1. The maximum atomic E-state index is 11.6. The molecule has 0 spiro atoms. The number of rotatable bonds is 4. The van der Waals surface area contributed by atoms with Gasteiger partial charge in [0, 0.05) is 6.07 Å². The van der Waals surface area contributed by atoms with E-state index in [-0.39, 0.29) is 18.1 Å². The number of aliphatic hydroxyl groups is 1. The van der Waals surface area contributed by atoms with Crippen molar-refractivity contribution in [2.24, 2.45) is 0 Å². The van der Waals surface area contributed by atoms with Crippen LogP contribution in [0, 0.1) is 6.92 Å². The molecule has 2 aromatic heterocycles. The number of nitrogens with zero attached hydrogens (tertiary/aromatic N) is 1. The molecule has 0 fully saturated rings. The first-order valence-electron chi connectivity index (χ1n) is 6.17. The largest absolute Gasteiger partial charge is 0.466 e. The van der Waals surface area contributed by atoms with E-state index in [1.165, 1.54) is 19.3 Å². The average Bonchev–Trinajstić information content (AvgIpc) is 3.08. The highest BCUT2D eigenvalue weighted by Crippen LogP contribution is 2.19. The number of hydrogen-bond donors (Lipinski definition) is 3. The van der Waals surface area contributed by atoms with Crippen LogP contribution in [0.15, 0.2) is 33.4 Å². The molecular formula is C13H15N3O5. The first-order chi connectivity index (χ1) is 9.88. The number of amides is 2. The number of aryl methyl sites for hydroxylation is 1. The maximum Gasteiger partial charge on any atom is 0.314 e. The Morgan fingerprint density at radius 2 is 2.19 bits per heavy atom. The third-order valence-electron chi connectivity index (χ3n) is 2.72. The van der Waals surface area contributed by atoms with E-state index in [0.717, 1.165) is 0 Å². The fraction of sp³-hybridized carbons (Fsp3) is 0.308. The average molecular weight is 293 g/mol. The van der Waals surface area contributed by atoms with Gasteiger partial charge >= 0.3 is 11.8 Å². The van der Waals surface area contributed by atoms with Gasteiger partial charge in [0.15, 0.2) is 5.82 Å². The molecule has 21 heavy (non-hydrogen) atoms. The summed E-state index contributed by atoms with van der Waals surface area (Å²) < 4.78 is 9.82. The number of carbonyl (C=O) groups excluding carboxylic acids is 2. The fourth-order valence-corrected chi connectivity index (χ4v) is 1.60. The Labute approximate surface area is 120 Å². The van der Waals surface area contributed by atoms with Crippen LogP contribution in [0.2, 0.25) is 0 Å². The number of nitrogens with one attached hydrogen (secondary N) is 2. The summed E-state index contributed by atoms with van der Waals surface area (Å²) in [6.07, 6.45) is 1.41. The molecule has 0 aliphatic rings. The van der Waals surface area contributed by atoms with Crippen LogP contribution >= 0.6 is 0 Å². The lowest BCUT2D eigenvalue weighted by atomic mass is 10.0. The van der Waals surface area contributed by atoms with E-state index in [2.05, 4.69) is 15.8 Å². The summed E-state index contributed by atoms with van der Waals surface area (Å²) in [6.45, 7) is 2.94. The van der Waals surface area contributed by atoms with Crippen molar-refractivity contribution in [1.29, 1.82) is 0 Å². The molecule has 2 heterocycles. The Morgan fingerprint density at radius 3 is 2.76 bits per heavy atom. The van der Waals surface area contributed by atoms with Gasteiger partial charge in [-0.1, -0.05) is 5.16 Å². The third kappa shape index (κ3) is 3.69. The summed E-state index contributed by atoms with van der Waals surface area (Å²) in [6, 6.07) is 4.67. The number of anilines is 1. The molecule has 0 saturated carbocycles. The van der Waals surface area contributed by atoms with E-state index in [0.29, 0.717) is 5.76 Å². The van der Waals surface area contributed by atoms with Crippen LogP contribution < -0.4 is 10.6 Å². The first kappa shape index (κ1) is 14.8. The number of carbonyl (C=O) groups is 2. The molecule has 112 valence electrons. The molecule has 3 N–H and O–H groups in total. The van der Waals surface area contributed by atoms with E-state index >= 15 is 0 Å². The Kier molecular flexibility index (Phi) is 4.08. The zero-order valence-corrected chi connectivity index (χ0v) is 11.5. The zero-order valence-electron chi connectivity index (χ0n) is 11.5. The highest BCUT2D eigenvalue weighted by Gasteiger charge is 2.28. The highest BCUT2D eigenvalue weighted by molar-refractivity contribution is 6.39. The Hall–Kier alpha value is -2.61. The Balaban J connectivity index is 1.88. The lowest BCUT2D eigenvalue weighted by Gasteiger charge is -2.20. The molecule has 0 radical (unpaired) electrons. The molecular weight excluding hydrogens is 278 g/mol. The van der Waals surface area contributed by atoms with Crippen molar-refractivity contribution in [2.45, 2.75) is 19.4 Å². The lowest BCUT2D eigenvalue weighted by Crippen LogP contribution is -2.43. The van der Waals surface area contributed by atoms with E-state index in [4.69, 9.17) is 8.94 Å². The van der Waals surface area contributed by atoms with Gasteiger partial charge in [0.2, 0.25) is 0 Å². The molecule has 2 aromatic rings. The van der Waals surface area contributed by atoms with Crippen LogP contribution in [0.1, 0.15) is 18.4 Å². The summed E-state index contributed by atoms with van der Waals surface area (Å²) in [5.41, 5.74) is -1.41. The fourth-order valence-electron chi connectivity index (χ4n) is 1.60. The third-order valence-corrected chi connectivity index (χ3v) is 2.72. The van der Waals surface area contributed by atoms with Crippen molar-refractivity contribution < 1.29 is 23.6 Å². The second-order valence-electron chi connectivity index (χ2n) is 4.71. The molecule has 0 aromatic carbocycles. The van der Waals surface area contributed by atoms with Gasteiger partial charge in [0.25, 0.3) is 0 Å². The molecule has 1 atom stereocenters. The minimum Gasteiger partial charge on any atom is -0.466 e. The van der Waals surface area contributed by atoms with Gasteiger partial charge in [-0.3, -0.25) is 14.9 Å². The molecule has 0 saturated heterocycles. The monoisotopic (exact) mass is 293 g/mol. The van der Waals surface area contributed by atoms with Crippen molar-refractivity contribution in [3.63, 3.8) is 0 Å². The molecule has 2 rings (SSSR count). The number of furan rings is 1. The highest BCUT2D eigenvalue weighted by atomic mass is 16.5. The van der Waals surface area contributed by atoms with Gasteiger partial charge in [-0.05, 0) is 26.0 Å². The summed E-state index contributed by atoms with van der Waals surface area (Å²) in [7, 11) is 0. The minimum atomic E-state index is -1.41. The number of aromatic nitrogens is 1. The minimum absolute atomic E-state index is 0.144. The second kappa shape index (κ2) is 5.80. The van der Waals surface area contributed by atoms with Gasteiger partial charge < -0.3 is 19.4 Å². The standard InChI is InChI=1S/C13H15N3O5/c1-8-6-10(16-21-8)15-12(18)11(17)14-7-13(2,19)9-4-3-5-20-9/h3-6,19H,7H2,1-2H3,(H,14,17)(H,15,16,18). The maximum absolute atomic E-state index is 11.6. The van der Waals surface area contributed by atoms with Crippen molar-refractivity contribution in [3.8, 4) is 0 Å². The molecule has 0 aliphatic heterocycles. The molecule has 1 unspecified atom stereocenters. The predicted molar refractivity (Wildman–Crippen MR) is 71.2 cm³/mol. The predicted octanol–water partition coefficient (Wildman–Crippen LogP) is 0.538. The van der Waals surface area contributed by atoms with Gasteiger partial charge in [-0.2, -0.15) is 0 Å². The van der Waals surface area contributed by atoms with Crippen molar-refractivity contribution in [3.05, 3.63) is 36.0 Å². The quantitative estimate of drug-likeness (QED) is 0.708. The van der Waals surface area contributed by atoms with Gasteiger partial charge in [0.1, 0.15) is 17.1 Å². The molecule has 2 amide bonds. The summed E-state index contributed by atoms with van der Waals surface area (Å²) in [4.78, 5) is 23.3. The van der Waals surface area contributed by atoms with Crippen molar-refractivity contribution in [1.82, 2.24) is 10.5 Å². The van der Waals surface area contributed by atoms with E-state index < -0.39 is 17.4 Å². The summed E-state index contributed by atoms with van der Waals surface area (Å²) in [5.74, 6) is -0.867. The van der Waals surface area contributed by atoms with Crippen LogP contribution in [0.4, 0.5) is 5.82 Å². The smallest absolute Gasteiger partial charge is 0.314 e. The molecule has 0 bridgehead atoms. The van der Waals surface area contributed by atoms with Gasteiger partial charge in [-0.15, -0.1) is 0 Å². The van der Waals surface area contributed by atoms with Crippen LogP contribution in [0.5, 0.6) is 0 Å². The first-order valence-corrected chi connectivity index (χ1v) is 6.17. The molecule has 8 nitrogen and oxygen atoms in total. The van der Waals surface area contributed by atoms with Crippen molar-refractivity contribution in [2.75, 3.05) is 11.9 Å². The van der Waals surface area contributed by atoms with Crippen LogP contribution in [0.25, 0.3) is 0 Å². The van der Waals surface area contributed by atoms with Crippen LogP contribution in [-0.2, 0) is 15.2 Å². The molecule has 8 heteroatoms. The topological polar surface area (TPSA) is 118 Å².